The highest BCUT2D eigenvalue weighted by atomic mass is 16.2. The predicted octanol–water partition coefficient (Wildman–Crippen LogP) is 1.40. The second-order valence-electron chi connectivity index (χ2n) is 5.76. The number of fused-ring (bicyclic) bond motifs is 1. The van der Waals surface area contributed by atoms with Gasteiger partial charge in [0.15, 0.2) is 0 Å². The van der Waals surface area contributed by atoms with E-state index >= 15 is 0 Å². The number of hydrogen-bond acceptors (Lipinski definition) is 2. The largest absolute Gasteiger partial charge is 0.354 e. The molecule has 0 unspecified atom stereocenters. The maximum atomic E-state index is 12.3. The third-order valence-corrected chi connectivity index (χ3v) is 4.47. The van der Waals surface area contributed by atoms with Gasteiger partial charge in [-0.25, -0.2) is 0 Å². The Labute approximate surface area is 115 Å². The van der Waals surface area contributed by atoms with Gasteiger partial charge in [-0.05, 0) is 37.6 Å². The van der Waals surface area contributed by atoms with Gasteiger partial charge in [0.05, 0.1) is 0 Å². The number of aryl methyl sites for hydroxylation is 1. The van der Waals surface area contributed by atoms with Gasteiger partial charge in [-0.15, -0.1) is 0 Å². The van der Waals surface area contributed by atoms with E-state index in [-0.39, 0.29) is 0 Å². The maximum absolute atomic E-state index is 12.3. The molecule has 1 amide bonds. The smallest absolute Gasteiger partial charge is 0.224 e. The number of hydrogen-bond donors (Lipinski definition) is 0. The number of carbonyl (C=O) groups is 1. The standard InChI is InChI=1S/C15H23N3O/c1-16-9-4-13-12-18(11-5-14(13)16)15(19)6-10-17-7-2-3-8-17/h4,9H,2-3,5-8,10-12H2,1H3. The molecule has 0 saturated carbocycles. The fourth-order valence-corrected chi connectivity index (χ4v) is 3.25. The number of rotatable bonds is 3. The van der Waals surface area contributed by atoms with Crippen LogP contribution in [-0.4, -0.2) is 46.5 Å². The van der Waals surface area contributed by atoms with Crippen LogP contribution >= 0.6 is 0 Å². The number of nitrogens with zero attached hydrogens (tertiary/aromatic N) is 3. The minimum atomic E-state index is 0.321. The highest BCUT2D eigenvalue weighted by molar-refractivity contribution is 5.76. The van der Waals surface area contributed by atoms with E-state index in [0.29, 0.717) is 12.3 Å². The molecule has 3 rings (SSSR count). The summed E-state index contributed by atoms with van der Waals surface area (Å²) in [6.45, 7) is 4.97. The summed E-state index contributed by atoms with van der Waals surface area (Å²) in [5, 5.41) is 0. The van der Waals surface area contributed by atoms with Crippen molar-refractivity contribution in [3.8, 4) is 0 Å². The Morgan fingerprint density at radius 1 is 1.26 bits per heavy atom. The van der Waals surface area contributed by atoms with Gasteiger partial charge in [-0.3, -0.25) is 4.79 Å². The average molecular weight is 261 g/mol. The first-order chi connectivity index (χ1) is 9.24. The van der Waals surface area contributed by atoms with Crippen molar-refractivity contribution in [2.75, 3.05) is 26.2 Å². The van der Waals surface area contributed by atoms with Crippen LogP contribution in [0.4, 0.5) is 0 Å². The zero-order chi connectivity index (χ0) is 13.2. The molecule has 0 N–H and O–H groups in total. The molecule has 2 aliphatic heterocycles. The Morgan fingerprint density at radius 2 is 2.05 bits per heavy atom. The Bertz CT molecular complexity index is 460. The topological polar surface area (TPSA) is 28.5 Å². The number of amides is 1. The summed E-state index contributed by atoms with van der Waals surface area (Å²) in [6.07, 6.45) is 6.37. The van der Waals surface area contributed by atoms with Crippen molar-refractivity contribution in [2.45, 2.75) is 32.2 Å². The molecule has 4 nitrogen and oxygen atoms in total. The summed E-state index contributed by atoms with van der Waals surface area (Å²) in [5.41, 5.74) is 2.71. The number of carbonyl (C=O) groups excluding carboxylic acids is 1. The zero-order valence-electron chi connectivity index (χ0n) is 11.8. The van der Waals surface area contributed by atoms with Crippen molar-refractivity contribution >= 4 is 5.91 Å². The van der Waals surface area contributed by atoms with Crippen LogP contribution < -0.4 is 0 Å². The van der Waals surface area contributed by atoms with Crippen LogP contribution in [0.5, 0.6) is 0 Å². The summed E-state index contributed by atoms with van der Waals surface area (Å²) in [4.78, 5) is 16.7. The lowest BCUT2D eigenvalue weighted by molar-refractivity contribution is -0.132. The maximum Gasteiger partial charge on any atom is 0.224 e. The molecule has 4 heteroatoms. The highest BCUT2D eigenvalue weighted by Gasteiger charge is 2.23. The summed E-state index contributed by atoms with van der Waals surface area (Å²) in [5.74, 6) is 0.321. The van der Waals surface area contributed by atoms with E-state index in [0.717, 1.165) is 26.1 Å². The molecule has 0 spiro atoms. The van der Waals surface area contributed by atoms with Crippen molar-refractivity contribution in [1.29, 1.82) is 0 Å². The predicted molar refractivity (Wildman–Crippen MR) is 74.8 cm³/mol. The van der Waals surface area contributed by atoms with Gasteiger partial charge >= 0.3 is 0 Å². The van der Waals surface area contributed by atoms with Crippen LogP contribution in [0.3, 0.4) is 0 Å². The molecular formula is C15H23N3O. The summed E-state index contributed by atoms with van der Waals surface area (Å²) in [6, 6.07) is 2.15. The van der Waals surface area contributed by atoms with Crippen molar-refractivity contribution in [3.63, 3.8) is 0 Å². The molecule has 0 aliphatic carbocycles. The number of aromatic nitrogens is 1. The van der Waals surface area contributed by atoms with E-state index < -0.39 is 0 Å². The molecule has 1 fully saturated rings. The van der Waals surface area contributed by atoms with Gasteiger partial charge in [0.2, 0.25) is 5.91 Å². The Balaban J connectivity index is 1.53. The molecule has 0 aromatic carbocycles. The molecule has 1 saturated heterocycles. The SMILES string of the molecule is Cn1ccc2c1CCN(C(=O)CCN1CCCC1)C2. The fourth-order valence-electron chi connectivity index (χ4n) is 3.25. The van der Waals surface area contributed by atoms with Crippen molar-refractivity contribution < 1.29 is 4.79 Å². The highest BCUT2D eigenvalue weighted by Crippen LogP contribution is 2.20. The molecule has 19 heavy (non-hydrogen) atoms. The van der Waals surface area contributed by atoms with Crippen LogP contribution in [0, 0.1) is 0 Å². The molecule has 1 aromatic rings. The molecule has 3 heterocycles. The third-order valence-electron chi connectivity index (χ3n) is 4.47. The first-order valence-electron chi connectivity index (χ1n) is 7.37. The Hall–Kier alpha value is -1.29. The van der Waals surface area contributed by atoms with E-state index in [9.17, 15) is 4.79 Å². The van der Waals surface area contributed by atoms with E-state index in [1.165, 1.54) is 37.2 Å². The second-order valence-corrected chi connectivity index (χ2v) is 5.76. The lowest BCUT2D eigenvalue weighted by Gasteiger charge is -2.28. The molecular weight excluding hydrogens is 238 g/mol. The fraction of sp³-hybridized carbons (Fsp3) is 0.667. The van der Waals surface area contributed by atoms with E-state index in [1.54, 1.807) is 0 Å². The van der Waals surface area contributed by atoms with Crippen molar-refractivity contribution in [2.24, 2.45) is 7.05 Å². The molecule has 0 atom stereocenters. The first kappa shape index (κ1) is 12.7. The molecule has 2 aliphatic rings. The van der Waals surface area contributed by atoms with Crippen LogP contribution in [0.1, 0.15) is 30.5 Å². The van der Waals surface area contributed by atoms with Gasteiger partial charge < -0.3 is 14.4 Å². The third kappa shape index (κ3) is 2.68. The van der Waals surface area contributed by atoms with Gasteiger partial charge in [0, 0.05) is 51.4 Å². The Morgan fingerprint density at radius 3 is 2.84 bits per heavy atom. The van der Waals surface area contributed by atoms with Gasteiger partial charge in [0.25, 0.3) is 0 Å². The van der Waals surface area contributed by atoms with Crippen LogP contribution in [0.15, 0.2) is 12.3 Å². The molecule has 0 bridgehead atoms. The van der Waals surface area contributed by atoms with Gasteiger partial charge in [0.1, 0.15) is 0 Å². The minimum absolute atomic E-state index is 0.321. The van der Waals surface area contributed by atoms with E-state index in [4.69, 9.17) is 0 Å². The summed E-state index contributed by atoms with van der Waals surface area (Å²) in [7, 11) is 2.09. The molecule has 0 radical (unpaired) electrons. The van der Waals surface area contributed by atoms with Crippen molar-refractivity contribution in [1.82, 2.24) is 14.4 Å². The normalized spacial score (nSPS) is 19.7. The van der Waals surface area contributed by atoms with Gasteiger partial charge in [-0.2, -0.15) is 0 Å². The Kier molecular flexibility index (Phi) is 3.60. The average Bonchev–Trinajstić information content (AvgIpc) is 3.06. The minimum Gasteiger partial charge on any atom is -0.354 e. The van der Waals surface area contributed by atoms with Crippen LogP contribution in [0.25, 0.3) is 0 Å². The molecule has 1 aromatic heterocycles. The lowest BCUT2D eigenvalue weighted by Crippen LogP contribution is -2.37. The lowest BCUT2D eigenvalue weighted by atomic mass is 10.1. The van der Waals surface area contributed by atoms with Crippen molar-refractivity contribution in [3.05, 3.63) is 23.5 Å². The first-order valence-corrected chi connectivity index (χ1v) is 7.37. The molecule has 104 valence electrons. The number of likely N-dealkylation sites (tertiary alicyclic amines) is 1. The van der Waals surface area contributed by atoms with Gasteiger partial charge in [-0.1, -0.05) is 0 Å². The van der Waals surface area contributed by atoms with E-state index in [1.807, 2.05) is 4.90 Å². The monoisotopic (exact) mass is 261 g/mol. The summed E-state index contributed by atoms with van der Waals surface area (Å²) < 4.78 is 2.18. The van der Waals surface area contributed by atoms with Crippen LogP contribution in [-0.2, 0) is 24.8 Å². The quantitative estimate of drug-likeness (QED) is 0.823. The second kappa shape index (κ2) is 5.37. The zero-order valence-corrected chi connectivity index (χ0v) is 11.8. The summed E-state index contributed by atoms with van der Waals surface area (Å²) >= 11 is 0. The van der Waals surface area contributed by atoms with E-state index in [2.05, 4.69) is 28.8 Å². The van der Waals surface area contributed by atoms with Crippen LogP contribution in [0.2, 0.25) is 0 Å².